The fourth-order valence-electron chi connectivity index (χ4n) is 3.20. The van der Waals surface area contributed by atoms with Gasteiger partial charge >= 0.3 is 5.63 Å². The maximum atomic E-state index is 11.7. The van der Waals surface area contributed by atoms with E-state index in [9.17, 15) is 4.79 Å². The van der Waals surface area contributed by atoms with Crippen LogP contribution in [-0.4, -0.2) is 26.0 Å². The van der Waals surface area contributed by atoms with Crippen LogP contribution >= 0.6 is 0 Å². The van der Waals surface area contributed by atoms with Gasteiger partial charge in [-0.15, -0.1) is 0 Å². The summed E-state index contributed by atoms with van der Waals surface area (Å²) in [6.07, 6.45) is 1.39. The van der Waals surface area contributed by atoms with E-state index in [-0.39, 0.29) is 18.0 Å². The lowest BCUT2D eigenvalue weighted by Gasteiger charge is -2.43. The van der Waals surface area contributed by atoms with Crippen molar-refractivity contribution in [2.45, 2.75) is 32.1 Å². The molecule has 1 saturated heterocycles. The number of fused-ring (bicyclic) bond motifs is 4. The van der Waals surface area contributed by atoms with E-state index in [0.717, 1.165) is 23.8 Å². The van der Waals surface area contributed by atoms with Gasteiger partial charge in [0.05, 0.1) is 7.11 Å². The summed E-state index contributed by atoms with van der Waals surface area (Å²) in [4.78, 5) is 17.2. The Hall–Kier alpha value is -2.05. The molecular weight excluding hydrogens is 286 g/mol. The standard InChI is InChI=1S/C16H17NO5/c1-9-8-13(18)22-14-10(9)5-6-11-15(14)21-12-4-3-7-20-16(12)17(11)19-2/h5-6,8,12,16H,3-4,7H2,1-2H3/t12-,16-/m1/s1. The van der Waals surface area contributed by atoms with Gasteiger partial charge in [0, 0.05) is 18.1 Å². The Labute approximate surface area is 127 Å². The van der Waals surface area contributed by atoms with Gasteiger partial charge in [-0.2, -0.15) is 0 Å². The zero-order valence-corrected chi connectivity index (χ0v) is 12.5. The molecule has 22 heavy (non-hydrogen) atoms. The molecule has 2 aliphatic rings. The Kier molecular flexibility index (Phi) is 3.09. The molecule has 0 unspecified atom stereocenters. The summed E-state index contributed by atoms with van der Waals surface area (Å²) in [6, 6.07) is 5.30. The molecule has 6 nitrogen and oxygen atoms in total. The van der Waals surface area contributed by atoms with Crippen LogP contribution in [0.15, 0.2) is 27.4 Å². The largest absolute Gasteiger partial charge is 0.479 e. The highest BCUT2D eigenvalue weighted by Gasteiger charge is 2.40. The van der Waals surface area contributed by atoms with E-state index in [2.05, 4.69) is 0 Å². The number of anilines is 1. The molecule has 2 atom stereocenters. The second-order valence-electron chi connectivity index (χ2n) is 5.61. The predicted octanol–water partition coefficient (Wildman–Crippen LogP) is 2.37. The number of rotatable bonds is 1. The van der Waals surface area contributed by atoms with Gasteiger partial charge in [-0.05, 0) is 37.5 Å². The Bertz CT molecular complexity index is 784. The van der Waals surface area contributed by atoms with Crippen LogP contribution in [0.4, 0.5) is 5.69 Å². The van der Waals surface area contributed by atoms with Crippen molar-refractivity contribution in [3.63, 3.8) is 0 Å². The monoisotopic (exact) mass is 303 g/mol. The number of hydrogen-bond acceptors (Lipinski definition) is 6. The van der Waals surface area contributed by atoms with E-state index in [1.165, 1.54) is 6.07 Å². The SMILES string of the molecule is CON1c2ccc3c(C)cc(=O)oc3c2O[C@@H]2CCCO[C@H]21. The number of ether oxygens (including phenoxy) is 2. The van der Waals surface area contributed by atoms with Gasteiger partial charge in [-0.3, -0.25) is 4.84 Å². The molecule has 1 aromatic heterocycles. The zero-order chi connectivity index (χ0) is 15.3. The Morgan fingerprint density at radius 3 is 3.05 bits per heavy atom. The van der Waals surface area contributed by atoms with Gasteiger partial charge in [0.1, 0.15) is 11.8 Å². The molecule has 1 fully saturated rings. The van der Waals surface area contributed by atoms with Crippen LogP contribution in [0.5, 0.6) is 5.75 Å². The molecule has 1 aromatic carbocycles. The first-order valence-corrected chi connectivity index (χ1v) is 7.38. The molecule has 0 N–H and O–H groups in total. The lowest BCUT2D eigenvalue weighted by atomic mass is 10.0. The minimum absolute atomic E-state index is 0.141. The second-order valence-corrected chi connectivity index (χ2v) is 5.61. The molecule has 2 aliphatic heterocycles. The van der Waals surface area contributed by atoms with Gasteiger partial charge < -0.3 is 13.9 Å². The van der Waals surface area contributed by atoms with Crippen LogP contribution < -0.4 is 15.4 Å². The van der Waals surface area contributed by atoms with Crippen molar-refractivity contribution in [1.29, 1.82) is 0 Å². The summed E-state index contributed by atoms with van der Waals surface area (Å²) in [5.41, 5.74) is 1.66. The van der Waals surface area contributed by atoms with Gasteiger partial charge in [0.2, 0.25) is 0 Å². The van der Waals surface area contributed by atoms with Crippen LogP contribution in [0.1, 0.15) is 18.4 Å². The predicted molar refractivity (Wildman–Crippen MR) is 80.1 cm³/mol. The first-order chi connectivity index (χ1) is 10.7. The molecular formula is C16H17NO5. The quantitative estimate of drug-likeness (QED) is 0.754. The molecule has 0 saturated carbocycles. The van der Waals surface area contributed by atoms with E-state index in [0.29, 0.717) is 23.6 Å². The third-order valence-electron chi connectivity index (χ3n) is 4.23. The fraction of sp³-hybridized carbons (Fsp3) is 0.438. The highest BCUT2D eigenvalue weighted by Crippen LogP contribution is 2.43. The van der Waals surface area contributed by atoms with Crippen molar-refractivity contribution in [3.8, 4) is 5.75 Å². The average molecular weight is 303 g/mol. The number of hydroxylamine groups is 1. The van der Waals surface area contributed by atoms with Crippen LogP contribution in [0.3, 0.4) is 0 Å². The minimum Gasteiger partial charge on any atom is -0.479 e. The van der Waals surface area contributed by atoms with Crippen molar-refractivity contribution in [1.82, 2.24) is 0 Å². The lowest BCUT2D eigenvalue weighted by Crippen LogP contribution is -2.53. The molecule has 116 valence electrons. The molecule has 6 heteroatoms. The Balaban J connectivity index is 1.96. The maximum absolute atomic E-state index is 11.7. The fourth-order valence-corrected chi connectivity index (χ4v) is 3.20. The van der Waals surface area contributed by atoms with E-state index >= 15 is 0 Å². The van der Waals surface area contributed by atoms with Crippen molar-refractivity contribution < 1.29 is 18.7 Å². The summed E-state index contributed by atoms with van der Waals surface area (Å²) >= 11 is 0. The van der Waals surface area contributed by atoms with E-state index < -0.39 is 0 Å². The maximum Gasteiger partial charge on any atom is 0.336 e. The number of hydrogen-bond donors (Lipinski definition) is 0. The zero-order valence-electron chi connectivity index (χ0n) is 12.5. The average Bonchev–Trinajstić information content (AvgIpc) is 2.52. The topological polar surface area (TPSA) is 61.1 Å². The number of aryl methyl sites for hydroxylation is 1. The van der Waals surface area contributed by atoms with Crippen LogP contribution in [0, 0.1) is 6.92 Å². The minimum atomic E-state index is -0.381. The van der Waals surface area contributed by atoms with Gasteiger partial charge in [-0.25, -0.2) is 9.86 Å². The molecule has 2 aromatic rings. The Morgan fingerprint density at radius 1 is 1.36 bits per heavy atom. The highest BCUT2D eigenvalue weighted by molar-refractivity contribution is 5.91. The smallest absolute Gasteiger partial charge is 0.336 e. The molecule has 0 spiro atoms. The molecule has 0 aliphatic carbocycles. The van der Waals surface area contributed by atoms with E-state index in [1.807, 2.05) is 19.1 Å². The molecule has 0 bridgehead atoms. The van der Waals surface area contributed by atoms with Crippen LogP contribution in [-0.2, 0) is 9.57 Å². The second kappa shape index (κ2) is 5.00. The van der Waals surface area contributed by atoms with Gasteiger partial charge in [0.15, 0.2) is 17.6 Å². The lowest BCUT2D eigenvalue weighted by molar-refractivity contribution is -0.114. The van der Waals surface area contributed by atoms with Crippen molar-refractivity contribution in [2.24, 2.45) is 0 Å². The van der Waals surface area contributed by atoms with Crippen molar-refractivity contribution in [2.75, 3.05) is 18.8 Å². The summed E-state index contributed by atoms with van der Waals surface area (Å²) in [5, 5.41) is 2.56. The molecule has 4 rings (SSSR count). The van der Waals surface area contributed by atoms with Crippen LogP contribution in [0.2, 0.25) is 0 Å². The Morgan fingerprint density at radius 2 is 2.23 bits per heavy atom. The molecule has 0 radical (unpaired) electrons. The summed E-state index contributed by atoms with van der Waals surface area (Å²) in [5.74, 6) is 0.548. The summed E-state index contributed by atoms with van der Waals surface area (Å²) < 4.78 is 17.3. The number of benzene rings is 1. The summed E-state index contributed by atoms with van der Waals surface area (Å²) in [6.45, 7) is 2.57. The van der Waals surface area contributed by atoms with Crippen molar-refractivity contribution >= 4 is 16.7 Å². The normalized spacial score (nSPS) is 23.8. The van der Waals surface area contributed by atoms with Gasteiger partial charge in [0.25, 0.3) is 0 Å². The van der Waals surface area contributed by atoms with Crippen molar-refractivity contribution in [3.05, 3.63) is 34.2 Å². The third kappa shape index (κ3) is 1.91. The van der Waals surface area contributed by atoms with E-state index in [4.69, 9.17) is 18.7 Å². The first-order valence-electron chi connectivity index (χ1n) is 7.38. The summed E-state index contributed by atoms with van der Waals surface area (Å²) in [7, 11) is 1.60. The highest BCUT2D eigenvalue weighted by atomic mass is 16.7. The number of nitrogens with zero attached hydrogens (tertiary/aromatic N) is 1. The van der Waals surface area contributed by atoms with E-state index in [1.54, 1.807) is 12.2 Å². The third-order valence-corrected chi connectivity index (χ3v) is 4.23. The molecule has 3 heterocycles. The van der Waals surface area contributed by atoms with Gasteiger partial charge in [-0.1, -0.05) is 0 Å². The van der Waals surface area contributed by atoms with Crippen LogP contribution in [0.25, 0.3) is 11.0 Å². The first kappa shape index (κ1) is 13.6. The molecule has 0 amide bonds.